The lowest BCUT2D eigenvalue weighted by atomic mass is 10.1. The fourth-order valence-corrected chi connectivity index (χ4v) is 1.40. The SMILES string of the molecule is Cc1cc(OCC(C)C(N)=O)cc(C)c1Cl. The molecule has 0 saturated heterocycles. The van der Waals surface area contributed by atoms with E-state index in [1.807, 2.05) is 26.0 Å². The van der Waals surface area contributed by atoms with E-state index in [9.17, 15) is 4.79 Å². The van der Waals surface area contributed by atoms with E-state index in [1.165, 1.54) is 0 Å². The number of ether oxygens (including phenoxy) is 1. The van der Waals surface area contributed by atoms with Crippen LogP contribution in [0.4, 0.5) is 0 Å². The summed E-state index contributed by atoms with van der Waals surface area (Å²) < 4.78 is 5.49. The summed E-state index contributed by atoms with van der Waals surface area (Å²) in [6.07, 6.45) is 0. The van der Waals surface area contributed by atoms with Gasteiger partial charge in [-0.3, -0.25) is 4.79 Å². The third-order valence-corrected chi connectivity index (χ3v) is 2.99. The van der Waals surface area contributed by atoms with Crippen LogP contribution in [0.2, 0.25) is 5.02 Å². The molecule has 3 nitrogen and oxygen atoms in total. The van der Waals surface area contributed by atoms with Crippen LogP contribution in [0.3, 0.4) is 0 Å². The Morgan fingerprint density at radius 3 is 2.38 bits per heavy atom. The highest BCUT2D eigenvalue weighted by Gasteiger charge is 2.10. The van der Waals surface area contributed by atoms with E-state index in [4.69, 9.17) is 22.1 Å². The van der Waals surface area contributed by atoms with Crippen LogP contribution in [-0.2, 0) is 4.79 Å². The van der Waals surface area contributed by atoms with Gasteiger partial charge in [0.1, 0.15) is 5.75 Å². The number of amides is 1. The van der Waals surface area contributed by atoms with Gasteiger partial charge in [-0.15, -0.1) is 0 Å². The molecule has 2 N–H and O–H groups in total. The lowest BCUT2D eigenvalue weighted by Crippen LogP contribution is -2.25. The molecule has 0 heterocycles. The van der Waals surface area contributed by atoms with Crippen molar-refractivity contribution < 1.29 is 9.53 Å². The van der Waals surface area contributed by atoms with E-state index < -0.39 is 0 Å². The molecule has 16 heavy (non-hydrogen) atoms. The van der Waals surface area contributed by atoms with E-state index in [1.54, 1.807) is 6.92 Å². The van der Waals surface area contributed by atoms with Crippen molar-refractivity contribution in [2.24, 2.45) is 11.7 Å². The fourth-order valence-electron chi connectivity index (χ4n) is 1.29. The summed E-state index contributed by atoms with van der Waals surface area (Å²) >= 11 is 6.03. The van der Waals surface area contributed by atoms with Crippen LogP contribution >= 0.6 is 11.6 Å². The predicted octanol–water partition coefficient (Wildman–Crippen LogP) is 2.46. The van der Waals surface area contributed by atoms with Gasteiger partial charge in [0, 0.05) is 5.02 Å². The lowest BCUT2D eigenvalue weighted by Gasteiger charge is -2.12. The largest absolute Gasteiger partial charge is 0.493 e. The van der Waals surface area contributed by atoms with E-state index in [2.05, 4.69) is 0 Å². The van der Waals surface area contributed by atoms with Gasteiger partial charge in [0.2, 0.25) is 5.91 Å². The molecule has 0 aliphatic rings. The van der Waals surface area contributed by atoms with Crippen molar-refractivity contribution in [3.8, 4) is 5.75 Å². The molecule has 1 unspecified atom stereocenters. The first-order chi connectivity index (χ1) is 7.41. The van der Waals surface area contributed by atoms with Crippen molar-refractivity contribution in [3.63, 3.8) is 0 Å². The number of hydrogen-bond donors (Lipinski definition) is 1. The summed E-state index contributed by atoms with van der Waals surface area (Å²) in [6, 6.07) is 3.70. The van der Waals surface area contributed by atoms with Gasteiger partial charge in [-0.05, 0) is 37.1 Å². The minimum Gasteiger partial charge on any atom is -0.493 e. The number of carbonyl (C=O) groups is 1. The first kappa shape index (κ1) is 12.8. The van der Waals surface area contributed by atoms with E-state index >= 15 is 0 Å². The lowest BCUT2D eigenvalue weighted by molar-refractivity contribution is -0.122. The molecule has 1 atom stereocenters. The zero-order valence-corrected chi connectivity index (χ0v) is 10.5. The molecule has 0 radical (unpaired) electrons. The Hall–Kier alpha value is -1.22. The first-order valence-electron chi connectivity index (χ1n) is 5.10. The molecule has 88 valence electrons. The van der Waals surface area contributed by atoms with Gasteiger partial charge in [-0.25, -0.2) is 0 Å². The minimum absolute atomic E-state index is 0.288. The highest BCUT2D eigenvalue weighted by molar-refractivity contribution is 6.32. The van der Waals surface area contributed by atoms with Crippen molar-refractivity contribution in [1.29, 1.82) is 0 Å². The molecule has 0 fully saturated rings. The average molecular weight is 242 g/mol. The van der Waals surface area contributed by atoms with Crippen molar-refractivity contribution >= 4 is 17.5 Å². The van der Waals surface area contributed by atoms with Gasteiger partial charge >= 0.3 is 0 Å². The van der Waals surface area contributed by atoms with Crippen LogP contribution in [-0.4, -0.2) is 12.5 Å². The van der Waals surface area contributed by atoms with Crippen molar-refractivity contribution in [3.05, 3.63) is 28.3 Å². The summed E-state index contributed by atoms with van der Waals surface area (Å²) in [4.78, 5) is 10.8. The minimum atomic E-state index is -0.359. The van der Waals surface area contributed by atoms with Crippen LogP contribution in [0, 0.1) is 19.8 Å². The van der Waals surface area contributed by atoms with Crippen molar-refractivity contribution in [1.82, 2.24) is 0 Å². The molecule has 0 aromatic heterocycles. The Morgan fingerprint density at radius 2 is 1.94 bits per heavy atom. The molecule has 0 aliphatic heterocycles. The van der Waals surface area contributed by atoms with E-state index in [-0.39, 0.29) is 18.4 Å². The Kier molecular flexibility index (Phi) is 4.19. The van der Waals surface area contributed by atoms with Gasteiger partial charge < -0.3 is 10.5 Å². The van der Waals surface area contributed by atoms with E-state index in [0.29, 0.717) is 5.75 Å². The maximum absolute atomic E-state index is 10.8. The maximum atomic E-state index is 10.8. The number of rotatable bonds is 4. The molecule has 0 bridgehead atoms. The van der Waals surface area contributed by atoms with Gasteiger partial charge in [-0.2, -0.15) is 0 Å². The Bertz CT molecular complexity index is 381. The van der Waals surface area contributed by atoms with Crippen molar-refractivity contribution in [2.75, 3.05) is 6.61 Å². The number of carbonyl (C=O) groups excluding carboxylic acids is 1. The normalized spacial score (nSPS) is 12.2. The van der Waals surface area contributed by atoms with Crippen LogP contribution in [0.5, 0.6) is 5.75 Å². The Balaban J connectivity index is 2.72. The van der Waals surface area contributed by atoms with Gasteiger partial charge in [0.05, 0.1) is 12.5 Å². The summed E-state index contributed by atoms with van der Waals surface area (Å²) in [5.74, 6) is 0.0613. The Morgan fingerprint density at radius 1 is 1.44 bits per heavy atom. The molecule has 4 heteroatoms. The van der Waals surface area contributed by atoms with Crippen LogP contribution in [0.15, 0.2) is 12.1 Å². The second-order valence-electron chi connectivity index (χ2n) is 3.99. The molecule has 1 aromatic carbocycles. The quantitative estimate of drug-likeness (QED) is 0.881. The molecular formula is C12H16ClNO2. The first-order valence-corrected chi connectivity index (χ1v) is 5.48. The number of halogens is 1. The average Bonchev–Trinajstić information content (AvgIpc) is 2.22. The number of primary amides is 1. The fraction of sp³-hybridized carbons (Fsp3) is 0.417. The highest BCUT2D eigenvalue weighted by atomic mass is 35.5. The smallest absolute Gasteiger partial charge is 0.223 e. The zero-order valence-electron chi connectivity index (χ0n) is 9.71. The van der Waals surface area contributed by atoms with Gasteiger partial charge in [0.25, 0.3) is 0 Å². The molecule has 0 saturated carbocycles. The van der Waals surface area contributed by atoms with Gasteiger partial charge in [-0.1, -0.05) is 18.5 Å². The second-order valence-corrected chi connectivity index (χ2v) is 4.36. The Labute approximate surface area is 101 Å². The van der Waals surface area contributed by atoms with Crippen LogP contribution < -0.4 is 10.5 Å². The number of aryl methyl sites for hydroxylation is 2. The third kappa shape index (κ3) is 3.14. The molecule has 0 aliphatic carbocycles. The predicted molar refractivity (Wildman–Crippen MR) is 64.8 cm³/mol. The monoisotopic (exact) mass is 241 g/mol. The van der Waals surface area contributed by atoms with Crippen LogP contribution in [0.1, 0.15) is 18.1 Å². The number of benzene rings is 1. The topological polar surface area (TPSA) is 52.3 Å². The van der Waals surface area contributed by atoms with Crippen LogP contribution in [0.25, 0.3) is 0 Å². The zero-order chi connectivity index (χ0) is 12.3. The van der Waals surface area contributed by atoms with Gasteiger partial charge in [0.15, 0.2) is 0 Å². The molecule has 1 amide bonds. The maximum Gasteiger partial charge on any atom is 0.223 e. The molecule has 0 spiro atoms. The highest BCUT2D eigenvalue weighted by Crippen LogP contribution is 2.26. The molecular weight excluding hydrogens is 226 g/mol. The number of hydrogen-bond acceptors (Lipinski definition) is 2. The summed E-state index contributed by atoms with van der Waals surface area (Å²) in [7, 11) is 0. The summed E-state index contributed by atoms with van der Waals surface area (Å²) in [6.45, 7) is 5.85. The molecule has 1 rings (SSSR count). The van der Waals surface area contributed by atoms with E-state index in [0.717, 1.165) is 16.1 Å². The standard InChI is InChI=1S/C12H16ClNO2/c1-7-4-10(5-8(2)11(7)13)16-6-9(3)12(14)15/h4-5,9H,6H2,1-3H3,(H2,14,15). The molecule has 1 aromatic rings. The summed E-state index contributed by atoms with van der Waals surface area (Å²) in [5.41, 5.74) is 7.07. The number of nitrogens with two attached hydrogens (primary N) is 1. The summed E-state index contributed by atoms with van der Waals surface area (Å²) in [5, 5.41) is 0.746. The second kappa shape index (κ2) is 5.21. The van der Waals surface area contributed by atoms with Crippen molar-refractivity contribution in [2.45, 2.75) is 20.8 Å². The third-order valence-electron chi connectivity index (χ3n) is 2.40.